The fourth-order valence-electron chi connectivity index (χ4n) is 7.16. The van der Waals surface area contributed by atoms with Crippen LogP contribution in [0.25, 0.3) is 11.0 Å². The lowest BCUT2D eigenvalue weighted by Crippen LogP contribution is -2.39. The van der Waals surface area contributed by atoms with Gasteiger partial charge in [0.2, 0.25) is 5.95 Å². The second kappa shape index (κ2) is 15.9. The molecule has 2 fully saturated rings. The molecule has 1 unspecified atom stereocenters. The van der Waals surface area contributed by atoms with Crippen LogP contribution in [-0.2, 0) is 16.7 Å². The molecule has 0 bridgehead atoms. The lowest BCUT2D eigenvalue weighted by atomic mass is 9.76. The van der Waals surface area contributed by atoms with E-state index in [4.69, 9.17) is 19.2 Å². The Morgan fingerprint density at radius 1 is 0.894 bits per heavy atom. The van der Waals surface area contributed by atoms with E-state index in [0.29, 0.717) is 43.4 Å². The van der Waals surface area contributed by atoms with E-state index in [1.54, 1.807) is 20.3 Å². The first-order valence-corrected chi connectivity index (χ1v) is 16.6. The van der Waals surface area contributed by atoms with Crippen LogP contribution in [0.2, 0.25) is 0 Å². The van der Waals surface area contributed by atoms with Gasteiger partial charge >= 0.3 is 0 Å². The number of likely N-dealkylation sites (tertiary alicyclic amines) is 1. The zero-order chi connectivity index (χ0) is 31.9. The van der Waals surface area contributed by atoms with Crippen LogP contribution in [0.15, 0.2) is 72.8 Å². The summed E-state index contributed by atoms with van der Waals surface area (Å²) in [5, 5.41) is 0. The molecule has 9 nitrogen and oxygen atoms in total. The van der Waals surface area contributed by atoms with Gasteiger partial charge in [0.15, 0.2) is 0 Å². The zero-order valence-corrected chi connectivity index (χ0v) is 28.7. The van der Waals surface area contributed by atoms with Crippen LogP contribution in [0.3, 0.4) is 0 Å². The number of hydrogen-bond donors (Lipinski definition) is 0. The molecule has 252 valence electrons. The fourth-order valence-corrected chi connectivity index (χ4v) is 7.16. The minimum Gasteiger partial charge on any atom is -0.497 e. The van der Waals surface area contributed by atoms with Crippen LogP contribution in [0.4, 0.5) is 5.95 Å². The molecule has 2 aliphatic rings. The van der Waals surface area contributed by atoms with Crippen molar-refractivity contribution in [2.45, 2.75) is 38.1 Å². The van der Waals surface area contributed by atoms with Gasteiger partial charge in [-0.3, -0.25) is 4.79 Å². The molecule has 1 amide bonds. The number of amides is 1. The lowest BCUT2D eigenvalue weighted by Gasteiger charge is -2.33. The molecular formula is C37H48ClN5O4. The summed E-state index contributed by atoms with van der Waals surface area (Å²) in [4.78, 5) is 26.0. The maximum absolute atomic E-state index is 13.9. The molecule has 1 atom stereocenters. The number of carbonyl (C=O) groups excluding carboxylic acids is 1. The molecule has 3 aromatic carbocycles. The van der Waals surface area contributed by atoms with Crippen molar-refractivity contribution in [3.63, 3.8) is 0 Å². The van der Waals surface area contributed by atoms with Crippen LogP contribution >= 0.6 is 12.4 Å². The van der Waals surface area contributed by atoms with Gasteiger partial charge in [0.05, 0.1) is 37.4 Å². The Kier molecular flexibility index (Phi) is 11.7. The van der Waals surface area contributed by atoms with Crippen molar-refractivity contribution in [1.82, 2.24) is 19.4 Å². The number of rotatable bonds is 12. The van der Waals surface area contributed by atoms with E-state index in [2.05, 4.69) is 69.0 Å². The Morgan fingerprint density at radius 2 is 1.70 bits per heavy atom. The topological polar surface area (TPSA) is 72.3 Å². The van der Waals surface area contributed by atoms with Gasteiger partial charge in [-0.25, -0.2) is 4.98 Å². The largest absolute Gasteiger partial charge is 0.497 e. The third-order valence-electron chi connectivity index (χ3n) is 9.74. The molecule has 2 saturated heterocycles. The van der Waals surface area contributed by atoms with Crippen molar-refractivity contribution in [3.05, 3.63) is 83.9 Å². The third kappa shape index (κ3) is 7.53. The number of para-hydroxylation sites is 2. The van der Waals surface area contributed by atoms with Gasteiger partial charge in [-0.1, -0.05) is 42.5 Å². The fraction of sp³-hybridized carbons (Fsp3) is 0.459. The van der Waals surface area contributed by atoms with Gasteiger partial charge < -0.3 is 33.5 Å². The maximum Gasteiger partial charge on any atom is 0.257 e. The van der Waals surface area contributed by atoms with E-state index < -0.39 is 0 Å². The molecule has 3 heterocycles. The number of aromatic nitrogens is 2. The summed E-state index contributed by atoms with van der Waals surface area (Å²) < 4.78 is 19.0. The number of fused-ring (bicyclic) bond motifs is 1. The zero-order valence-electron chi connectivity index (χ0n) is 27.9. The number of methoxy groups -OCH3 is 2. The molecule has 0 saturated carbocycles. The monoisotopic (exact) mass is 661 g/mol. The number of carbonyl (C=O) groups is 1. The van der Waals surface area contributed by atoms with E-state index >= 15 is 0 Å². The molecule has 0 N–H and O–H groups in total. The van der Waals surface area contributed by atoms with E-state index in [-0.39, 0.29) is 23.7 Å². The minimum atomic E-state index is -0.109. The summed E-state index contributed by atoms with van der Waals surface area (Å²) >= 11 is 0. The highest BCUT2D eigenvalue weighted by molar-refractivity contribution is 5.97. The van der Waals surface area contributed by atoms with Gasteiger partial charge in [0, 0.05) is 51.3 Å². The Labute approximate surface area is 284 Å². The molecule has 0 radical (unpaired) electrons. The van der Waals surface area contributed by atoms with Gasteiger partial charge in [-0.2, -0.15) is 0 Å². The Hall–Kier alpha value is -3.79. The standard InChI is InChI=1S/C37H47N5O4.ClH/c1-4-46-26-25-42-33-14-9-8-13-32(33)38-36(42)40-20-10-19-39(23-24-40)21-17-37(29-11-6-5-7-12-29)18-22-41(28-37)35(43)31-27-30(44-2)15-16-34(31)45-3;/h5-9,11-16,27H,4,10,17-26,28H2,1-3H3;1H. The van der Waals surface area contributed by atoms with Crippen molar-refractivity contribution in [3.8, 4) is 11.5 Å². The maximum atomic E-state index is 13.9. The molecule has 47 heavy (non-hydrogen) atoms. The molecule has 6 rings (SSSR count). The quantitative estimate of drug-likeness (QED) is 0.175. The third-order valence-corrected chi connectivity index (χ3v) is 9.74. The van der Waals surface area contributed by atoms with Crippen LogP contribution in [-0.4, -0.2) is 98.5 Å². The Morgan fingerprint density at radius 3 is 2.49 bits per heavy atom. The van der Waals surface area contributed by atoms with Crippen molar-refractivity contribution in [1.29, 1.82) is 0 Å². The summed E-state index contributed by atoms with van der Waals surface area (Å²) in [5.74, 6) is 2.26. The number of ether oxygens (including phenoxy) is 3. The molecule has 1 aromatic heterocycles. The van der Waals surface area contributed by atoms with Gasteiger partial charge in [-0.05, 0) is 75.2 Å². The first-order valence-electron chi connectivity index (χ1n) is 16.6. The second-order valence-electron chi connectivity index (χ2n) is 12.4. The van der Waals surface area contributed by atoms with Gasteiger partial charge in [0.25, 0.3) is 5.91 Å². The second-order valence-corrected chi connectivity index (χ2v) is 12.4. The molecule has 0 aliphatic carbocycles. The average molecular weight is 662 g/mol. The van der Waals surface area contributed by atoms with E-state index in [0.717, 1.165) is 75.5 Å². The molecule has 10 heteroatoms. The van der Waals surface area contributed by atoms with Gasteiger partial charge in [0.1, 0.15) is 11.5 Å². The highest BCUT2D eigenvalue weighted by atomic mass is 35.5. The number of halogens is 1. The van der Waals surface area contributed by atoms with E-state index in [1.165, 1.54) is 5.56 Å². The summed E-state index contributed by atoms with van der Waals surface area (Å²) in [6.07, 6.45) is 3.00. The Bertz CT molecular complexity index is 1620. The minimum absolute atomic E-state index is 0. The normalized spacial score (nSPS) is 18.6. The molecule has 4 aromatic rings. The average Bonchev–Trinajstić information content (AvgIpc) is 3.62. The highest BCUT2D eigenvalue weighted by Gasteiger charge is 2.42. The molecular weight excluding hydrogens is 614 g/mol. The lowest BCUT2D eigenvalue weighted by molar-refractivity contribution is 0.0777. The van der Waals surface area contributed by atoms with Crippen LogP contribution in [0.1, 0.15) is 42.1 Å². The van der Waals surface area contributed by atoms with Crippen molar-refractivity contribution in [2.75, 3.05) is 78.1 Å². The summed E-state index contributed by atoms with van der Waals surface area (Å²) in [7, 11) is 3.23. The smallest absolute Gasteiger partial charge is 0.257 e. The SMILES string of the molecule is CCOCCn1c(N2CCCN(CCC3(c4ccccc4)CCN(C(=O)c4cc(OC)ccc4OC)C3)CC2)nc2ccccc21.Cl. The van der Waals surface area contributed by atoms with Crippen LogP contribution in [0, 0.1) is 0 Å². The Balaban J connectivity index is 0.00000433. The van der Waals surface area contributed by atoms with E-state index in [9.17, 15) is 4.79 Å². The predicted octanol–water partition coefficient (Wildman–Crippen LogP) is 5.90. The molecule has 2 aliphatic heterocycles. The summed E-state index contributed by atoms with van der Waals surface area (Å²) in [6.45, 7) is 10.5. The van der Waals surface area contributed by atoms with Gasteiger partial charge in [-0.15, -0.1) is 12.4 Å². The number of anilines is 1. The van der Waals surface area contributed by atoms with Crippen LogP contribution in [0.5, 0.6) is 11.5 Å². The van der Waals surface area contributed by atoms with E-state index in [1.807, 2.05) is 24.0 Å². The number of benzene rings is 3. The summed E-state index contributed by atoms with van der Waals surface area (Å²) in [6, 6.07) is 24.6. The molecule has 0 spiro atoms. The number of hydrogen-bond acceptors (Lipinski definition) is 7. The first-order chi connectivity index (χ1) is 22.5. The van der Waals surface area contributed by atoms with Crippen molar-refractivity contribution < 1.29 is 19.0 Å². The van der Waals surface area contributed by atoms with Crippen molar-refractivity contribution >= 4 is 35.3 Å². The van der Waals surface area contributed by atoms with Crippen molar-refractivity contribution in [2.24, 2.45) is 0 Å². The first kappa shape index (κ1) is 34.5. The highest BCUT2D eigenvalue weighted by Crippen LogP contribution is 2.39. The summed E-state index contributed by atoms with van der Waals surface area (Å²) in [5.41, 5.74) is 3.94. The van der Waals surface area contributed by atoms with Crippen LogP contribution < -0.4 is 14.4 Å². The number of imidazole rings is 1. The predicted molar refractivity (Wildman–Crippen MR) is 190 cm³/mol. The number of nitrogens with zero attached hydrogens (tertiary/aromatic N) is 5.